The van der Waals surface area contributed by atoms with Gasteiger partial charge in [-0.3, -0.25) is 4.98 Å². The highest BCUT2D eigenvalue weighted by Crippen LogP contribution is 2.18. The molecule has 66 valence electrons. The summed E-state index contributed by atoms with van der Waals surface area (Å²) >= 11 is 0. The average Bonchev–Trinajstić information content (AvgIpc) is 2.04. The maximum absolute atomic E-state index is 12.1. The van der Waals surface area contributed by atoms with Gasteiger partial charge in [-0.05, 0) is 24.1 Å². The number of aromatic nitrogens is 1. The van der Waals surface area contributed by atoms with Crippen molar-refractivity contribution < 1.29 is 8.78 Å². The molecule has 2 N–H and O–H groups in total. The van der Waals surface area contributed by atoms with Crippen molar-refractivity contribution in [3.05, 3.63) is 29.1 Å². The molecule has 1 aromatic rings. The van der Waals surface area contributed by atoms with Gasteiger partial charge in [-0.25, -0.2) is 8.78 Å². The fourth-order valence-electron chi connectivity index (χ4n) is 0.939. The van der Waals surface area contributed by atoms with Gasteiger partial charge >= 0.3 is 0 Å². The van der Waals surface area contributed by atoms with Crippen LogP contribution in [0.25, 0.3) is 0 Å². The molecule has 1 rings (SSSR count). The highest BCUT2D eigenvalue weighted by Gasteiger charge is 2.09. The smallest absolute Gasteiger partial charge is 0.280 e. The number of halogens is 2. The first kappa shape index (κ1) is 9.06. The zero-order valence-corrected chi connectivity index (χ0v) is 6.72. The van der Waals surface area contributed by atoms with Crippen molar-refractivity contribution >= 4 is 0 Å². The van der Waals surface area contributed by atoms with Crippen LogP contribution < -0.4 is 5.73 Å². The zero-order chi connectivity index (χ0) is 9.14. The van der Waals surface area contributed by atoms with Gasteiger partial charge in [0.2, 0.25) is 0 Å². The molecule has 1 heterocycles. The Bertz CT molecular complexity index is 274. The first-order valence-electron chi connectivity index (χ1n) is 3.58. The van der Waals surface area contributed by atoms with Crippen LogP contribution in [0.5, 0.6) is 0 Å². The molecule has 0 saturated heterocycles. The molecule has 0 spiro atoms. The van der Waals surface area contributed by atoms with Crippen molar-refractivity contribution in [2.75, 3.05) is 0 Å². The largest absolute Gasteiger partial charge is 0.326 e. The van der Waals surface area contributed by atoms with Gasteiger partial charge in [-0.1, -0.05) is 0 Å². The quantitative estimate of drug-likeness (QED) is 0.738. The molecule has 12 heavy (non-hydrogen) atoms. The Balaban J connectivity index is 3.02. The maximum Gasteiger partial charge on any atom is 0.280 e. The average molecular weight is 172 g/mol. The molecule has 0 aliphatic rings. The number of hydrogen-bond donors (Lipinski definition) is 1. The standard InChI is InChI=1S/C8H10F2N2/c1-5-2-7(8(9)10)12-4-6(5)3-11/h2,4,8H,3,11H2,1H3. The molecule has 0 amide bonds. The van der Waals surface area contributed by atoms with Crippen LogP contribution in [-0.2, 0) is 6.54 Å². The van der Waals surface area contributed by atoms with Gasteiger partial charge in [-0.15, -0.1) is 0 Å². The van der Waals surface area contributed by atoms with Crippen LogP contribution in [0.15, 0.2) is 12.3 Å². The molecule has 0 fully saturated rings. The molecule has 2 nitrogen and oxygen atoms in total. The fraction of sp³-hybridized carbons (Fsp3) is 0.375. The lowest BCUT2D eigenvalue weighted by atomic mass is 10.1. The van der Waals surface area contributed by atoms with Crippen molar-refractivity contribution in [2.45, 2.75) is 19.9 Å². The van der Waals surface area contributed by atoms with Gasteiger partial charge in [0, 0.05) is 12.7 Å². The lowest BCUT2D eigenvalue weighted by Crippen LogP contribution is -2.01. The first-order chi connectivity index (χ1) is 5.65. The molecule has 0 aliphatic carbocycles. The minimum absolute atomic E-state index is 0.190. The summed E-state index contributed by atoms with van der Waals surface area (Å²) in [6.07, 6.45) is -1.10. The Morgan fingerprint density at radius 1 is 1.58 bits per heavy atom. The number of pyridine rings is 1. The summed E-state index contributed by atoms with van der Waals surface area (Å²) in [6.45, 7) is 2.08. The second-order valence-electron chi connectivity index (χ2n) is 2.54. The number of nitrogens with zero attached hydrogens (tertiary/aromatic N) is 1. The summed E-state index contributed by atoms with van der Waals surface area (Å²) in [5, 5.41) is 0. The summed E-state index contributed by atoms with van der Waals surface area (Å²) in [5.74, 6) is 0. The molecule has 0 atom stereocenters. The molecule has 0 radical (unpaired) electrons. The van der Waals surface area contributed by atoms with E-state index in [9.17, 15) is 8.78 Å². The third kappa shape index (κ3) is 1.76. The number of alkyl halides is 2. The molecule has 0 bridgehead atoms. The van der Waals surface area contributed by atoms with Gasteiger partial charge < -0.3 is 5.73 Å². The van der Waals surface area contributed by atoms with E-state index in [1.54, 1.807) is 6.92 Å². The molecule has 4 heteroatoms. The van der Waals surface area contributed by atoms with Crippen molar-refractivity contribution in [2.24, 2.45) is 5.73 Å². The number of nitrogens with two attached hydrogens (primary N) is 1. The predicted octanol–water partition coefficient (Wildman–Crippen LogP) is 1.79. The normalized spacial score (nSPS) is 10.8. The summed E-state index contributed by atoms with van der Waals surface area (Å²) in [5.41, 5.74) is 6.73. The number of hydrogen-bond acceptors (Lipinski definition) is 2. The van der Waals surface area contributed by atoms with Gasteiger partial charge in [0.15, 0.2) is 0 Å². The topological polar surface area (TPSA) is 38.9 Å². The minimum Gasteiger partial charge on any atom is -0.326 e. The second-order valence-corrected chi connectivity index (χ2v) is 2.54. The van der Waals surface area contributed by atoms with Crippen LogP contribution in [0.3, 0.4) is 0 Å². The van der Waals surface area contributed by atoms with E-state index in [2.05, 4.69) is 4.98 Å². The lowest BCUT2D eigenvalue weighted by Gasteiger charge is -2.04. The number of aryl methyl sites for hydroxylation is 1. The van der Waals surface area contributed by atoms with Crippen LogP contribution in [0, 0.1) is 6.92 Å². The molecular weight excluding hydrogens is 162 g/mol. The molecule has 0 unspecified atom stereocenters. The highest BCUT2D eigenvalue weighted by molar-refractivity contribution is 5.25. The van der Waals surface area contributed by atoms with Crippen LogP contribution in [0.2, 0.25) is 0 Å². The summed E-state index contributed by atoms with van der Waals surface area (Å²) < 4.78 is 24.2. The molecule has 1 aromatic heterocycles. The van der Waals surface area contributed by atoms with E-state index in [1.807, 2.05) is 0 Å². The molecule has 0 aromatic carbocycles. The van der Waals surface area contributed by atoms with Gasteiger partial charge in [0.05, 0.1) is 0 Å². The predicted molar refractivity (Wildman–Crippen MR) is 41.8 cm³/mol. The van der Waals surface area contributed by atoms with E-state index in [0.29, 0.717) is 6.54 Å². The fourth-order valence-corrected chi connectivity index (χ4v) is 0.939. The summed E-state index contributed by atoms with van der Waals surface area (Å²) in [7, 11) is 0. The van der Waals surface area contributed by atoms with E-state index in [1.165, 1.54) is 12.3 Å². The van der Waals surface area contributed by atoms with Crippen molar-refractivity contribution in [1.82, 2.24) is 4.98 Å². The SMILES string of the molecule is Cc1cc(C(F)F)ncc1CN. The van der Waals surface area contributed by atoms with Crippen molar-refractivity contribution in [3.63, 3.8) is 0 Å². The Labute approximate surface area is 69.4 Å². The minimum atomic E-state index is -2.50. The monoisotopic (exact) mass is 172 g/mol. The zero-order valence-electron chi connectivity index (χ0n) is 6.72. The second kappa shape index (κ2) is 3.58. The van der Waals surface area contributed by atoms with Gasteiger partial charge in [0.1, 0.15) is 5.69 Å². The van der Waals surface area contributed by atoms with Crippen LogP contribution >= 0.6 is 0 Å². The summed E-state index contributed by atoms with van der Waals surface area (Å²) in [4.78, 5) is 3.58. The maximum atomic E-state index is 12.1. The summed E-state index contributed by atoms with van der Waals surface area (Å²) in [6, 6.07) is 1.37. The van der Waals surface area contributed by atoms with E-state index in [4.69, 9.17) is 5.73 Å². The van der Waals surface area contributed by atoms with Gasteiger partial charge in [0.25, 0.3) is 6.43 Å². The Morgan fingerprint density at radius 2 is 2.25 bits per heavy atom. The highest BCUT2D eigenvalue weighted by atomic mass is 19.3. The van der Waals surface area contributed by atoms with E-state index in [-0.39, 0.29) is 5.69 Å². The first-order valence-corrected chi connectivity index (χ1v) is 3.58. The third-order valence-corrected chi connectivity index (χ3v) is 1.68. The third-order valence-electron chi connectivity index (χ3n) is 1.68. The van der Waals surface area contributed by atoms with E-state index < -0.39 is 6.43 Å². The Hall–Kier alpha value is -1.03. The Kier molecular flexibility index (Phi) is 2.70. The van der Waals surface area contributed by atoms with Crippen LogP contribution in [-0.4, -0.2) is 4.98 Å². The molecule has 0 aliphatic heterocycles. The van der Waals surface area contributed by atoms with Crippen LogP contribution in [0.1, 0.15) is 23.2 Å². The van der Waals surface area contributed by atoms with Crippen LogP contribution in [0.4, 0.5) is 8.78 Å². The van der Waals surface area contributed by atoms with E-state index >= 15 is 0 Å². The molecular formula is C8H10F2N2. The van der Waals surface area contributed by atoms with Crippen molar-refractivity contribution in [3.8, 4) is 0 Å². The van der Waals surface area contributed by atoms with Crippen molar-refractivity contribution in [1.29, 1.82) is 0 Å². The molecule has 0 saturated carbocycles. The van der Waals surface area contributed by atoms with Gasteiger partial charge in [-0.2, -0.15) is 0 Å². The lowest BCUT2D eigenvalue weighted by molar-refractivity contribution is 0.146. The number of rotatable bonds is 2. The Morgan fingerprint density at radius 3 is 2.67 bits per heavy atom. The van der Waals surface area contributed by atoms with E-state index in [0.717, 1.165) is 11.1 Å².